The van der Waals surface area contributed by atoms with E-state index in [0.29, 0.717) is 0 Å². The van der Waals surface area contributed by atoms with Crippen LogP contribution in [0.1, 0.15) is 0 Å². The summed E-state index contributed by atoms with van der Waals surface area (Å²) in [5, 5.41) is 19.0. The smallest absolute Gasteiger partial charge is 0.388 e. The molecule has 6 N–H and O–H groups in total. The summed E-state index contributed by atoms with van der Waals surface area (Å²) in [5.41, 5.74) is 0. The minimum Gasteiger partial charge on any atom is -0.388 e. The normalized spacial score (nSPS) is 32.7. The SMILES string of the molecule is O=P(O)(O)OC[C@@H]1O[C@H](COP(=O)(O)O)C(O)[C@H]1O. The van der Waals surface area contributed by atoms with Crippen LogP contribution >= 0.6 is 15.6 Å². The van der Waals surface area contributed by atoms with Crippen LogP contribution in [0.4, 0.5) is 0 Å². The maximum atomic E-state index is 10.5. The van der Waals surface area contributed by atoms with E-state index in [-0.39, 0.29) is 0 Å². The fraction of sp³-hybridized carbons (Fsp3) is 1.00. The summed E-state index contributed by atoms with van der Waals surface area (Å²) >= 11 is 0. The van der Waals surface area contributed by atoms with Gasteiger partial charge in [0.2, 0.25) is 0 Å². The van der Waals surface area contributed by atoms with Gasteiger partial charge in [-0.3, -0.25) is 9.05 Å². The molecule has 1 heterocycles. The zero-order chi connectivity index (χ0) is 14.8. The first-order valence-electron chi connectivity index (χ1n) is 4.91. The van der Waals surface area contributed by atoms with E-state index in [9.17, 15) is 19.3 Å². The van der Waals surface area contributed by atoms with Crippen LogP contribution in [0.5, 0.6) is 0 Å². The predicted molar refractivity (Wildman–Crippen MR) is 56.7 cm³/mol. The average Bonchev–Trinajstić information content (AvgIpc) is 2.49. The van der Waals surface area contributed by atoms with Crippen molar-refractivity contribution in [2.24, 2.45) is 0 Å². The number of ether oxygens (including phenoxy) is 1. The number of rotatable bonds is 6. The van der Waals surface area contributed by atoms with Crippen LogP contribution in [0.2, 0.25) is 0 Å². The Morgan fingerprint density at radius 1 is 0.842 bits per heavy atom. The number of hydrogen-bond acceptors (Lipinski definition) is 7. The molecule has 0 spiro atoms. The molecule has 1 aliphatic rings. The highest BCUT2D eigenvalue weighted by Crippen LogP contribution is 2.39. The molecule has 4 atom stereocenters. The molecule has 0 aromatic carbocycles. The number of aliphatic hydroxyl groups excluding tert-OH is 2. The molecule has 1 saturated heterocycles. The van der Waals surface area contributed by atoms with E-state index < -0.39 is 53.3 Å². The summed E-state index contributed by atoms with van der Waals surface area (Å²) in [4.78, 5) is 33.9. The van der Waals surface area contributed by atoms with Gasteiger partial charge in [-0.2, -0.15) is 0 Å². The van der Waals surface area contributed by atoms with Gasteiger partial charge < -0.3 is 34.5 Å². The molecule has 1 rings (SSSR count). The molecule has 19 heavy (non-hydrogen) atoms. The standard InChI is InChI=1S/C6H14O11P2/c7-5-3(1-15-18(9,10)11)17-4(6(5)8)2-16-19(12,13)14/h3-8H,1-2H2,(H2,9,10,11)(H2,12,13,14)/t3-,4+,5-,6?/m0/s1. The highest BCUT2D eigenvalue weighted by Gasteiger charge is 2.44. The lowest BCUT2D eigenvalue weighted by Crippen LogP contribution is -2.35. The lowest BCUT2D eigenvalue weighted by atomic mass is 10.1. The lowest BCUT2D eigenvalue weighted by Gasteiger charge is -2.15. The second kappa shape index (κ2) is 6.25. The molecule has 0 amide bonds. The van der Waals surface area contributed by atoms with Crippen LogP contribution in [0, 0.1) is 0 Å². The molecule has 114 valence electrons. The van der Waals surface area contributed by atoms with Gasteiger partial charge in [0, 0.05) is 0 Å². The van der Waals surface area contributed by atoms with E-state index in [1.807, 2.05) is 0 Å². The molecule has 11 nitrogen and oxygen atoms in total. The number of hydrogen-bond donors (Lipinski definition) is 6. The van der Waals surface area contributed by atoms with E-state index in [0.717, 1.165) is 0 Å². The Balaban J connectivity index is 2.51. The van der Waals surface area contributed by atoms with Crippen LogP contribution in [0.15, 0.2) is 0 Å². The summed E-state index contributed by atoms with van der Waals surface area (Å²) in [6.45, 7) is -1.40. The highest BCUT2D eigenvalue weighted by atomic mass is 31.2. The number of aliphatic hydroxyl groups is 2. The Labute approximate surface area is 107 Å². The fourth-order valence-corrected chi connectivity index (χ4v) is 2.12. The molecule has 1 fully saturated rings. The highest BCUT2D eigenvalue weighted by molar-refractivity contribution is 7.46. The number of phosphoric ester groups is 2. The Morgan fingerprint density at radius 3 is 1.42 bits per heavy atom. The molecular formula is C6H14O11P2. The Morgan fingerprint density at radius 2 is 1.16 bits per heavy atom. The summed E-state index contributed by atoms with van der Waals surface area (Å²) in [5.74, 6) is 0. The molecule has 0 saturated carbocycles. The molecule has 0 radical (unpaired) electrons. The molecule has 1 aliphatic heterocycles. The average molecular weight is 324 g/mol. The quantitative estimate of drug-likeness (QED) is 0.289. The van der Waals surface area contributed by atoms with Crippen molar-refractivity contribution in [3.63, 3.8) is 0 Å². The first-order chi connectivity index (χ1) is 8.49. The zero-order valence-electron chi connectivity index (χ0n) is 9.34. The number of phosphoric acid groups is 2. The molecular weight excluding hydrogens is 310 g/mol. The van der Waals surface area contributed by atoms with E-state index in [4.69, 9.17) is 24.3 Å². The first-order valence-corrected chi connectivity index (χ1v) is 7.97. The Hall–Kier alpha value is 0.1000. The van der Waals surface area contributed by atoms with Crippen molar-refractivity contribution in [1.29, 1.82) is 0 Å². The second-order valence-corrected chi connectivity index (χ2v) is 6.25. The Bertz CT molecular complexity index is 351. The minimum atomic E-state index is -4.75. The van der Waals surface area contributed by atoms with E-state index in [2.05, 4.69) is 9.05 Å². The molecule has 13 heteroatoms. The van der Waals surface area contributed by atoms with Crippen LogP contribution in [-0.4, -0.2) is 67.4 Å². The largest absolute Gasteiger partial charge is 0.469 e. The van der Waals surface area contributed by atoms with Gasteiger partial charge in [0.15, 0.2) is 0 Å². The molecule has 0 aromatic heterocycles. The van der Waals surface area contributed by atoms with Gasteiger partial charge >= 0.3 is 15.6 Å². The minimum absolute atomic E-state index is 0.699. The zero-order valence-corrected chi connectivity index (χ0v) is 11.1. The molecule has 1 unspecified atom stereocenters. The maximum Gasteiger partial charge on any atom is 0.469 e. The summed E-state index contributed by atoms with van der Waals surface area (Å²) in [7, 11) is -9.51. The second-order valence-electron chi connectivity index (χ2n) is 3.77. The van der Waals surface area contributed by atoms with Crippen molar-refractivity contribution < 1.29 is 52.7 Å². The molecule has 0 bridgehead atoms. The fourth-order valence-electron chi connectivity index (χ4n) is 1.44. The molecule has 0 aromatic rings. The van der Waals surface area contributed by atoms with Gasteiger partial charge in [0.1, 0.15) is 24.4 Å². The Kier molecular flexibility index (Phi) is 5.64. The van der Waals surface area contributed by atoms with Crippen molar-refractivity contribution in [3.05, 3.63) is 0 Å². The van der Waals surface area contributed by atoms with Crippen LogP contribution in [-0.2, 0) is 22.9 Å². The van der Waals surface area contributed by atoms with Gasteiger partial charge in [0.25, 0.3) is 0 Å². The van der Waals surface area contributed by atoms with Crippen molar-refractivity contribution in [2.45, 2.75) is 24.4 Å². The predicted octanol–water partition coefficient (Wildman–Crippen LogP) is -2.31. The first kappa shape index (κ1) is 17.2. The van der Waals surface area contributed by atoms with Crippen molar-refractivity contribution >= 4 is 15.6 Å². The third-order valence-electron chi connectivity index (χ3n) is 2.28. The van der Waals surface area contributed by atoms with Gasteiger partial charge in [0.05, 0.1) is 13.2 Å². The van der Waals surface area contributed by atoms with E-state index in [1.54, 1.807) is 0 Å². The van der Waals surface area contributed by atoms with Crippen LogP contribution in [0.3, 0.4) is 0 Å². The van der Waals surface area contributed by atoms with Crippen molar-refractivity contribution in [2.75, 3.05) is 13.2 Å². The van der Waals surface area contributed by atoms with Gasteiger partial charge in [-0.25, -0.2) is 9.13 Å². The van der Waals surface area contributed by atoms with Gasteiger partial charge in [-0.1, -0.05) is 0 Å². The monoisotopic (exact) mass is 324 g/mol. The van der Waals surface area contributed by atoms with Crippen LogP contribution < -0.4 is 0 Å². The lowest BCUT2D eigenvalue weighted by molar-refractivity contribution is -0.0382. The van der Waals surface area contributed by atoms with Gasteiger partial charge in [-0.05, 0) is 0 Å². The van der Waals surface area contributed by atoms with Crippen LogP contribution in [0.25, 0.3) is 0 Å². The topological polar surface area (TPSA) is 183 Å². The summed E-state index contributed by atoms with van der Waals surface area (Å²) in [6, 6.07) is 0. The van der Waals surface area contributed by atoms with Crippen molar-refractivity contribution in [1.82, 2.24) is 0 Å². The summed E-state index contributed by atoms with van der Waals surface area (Å²) < 4.78 is 34.1. The van der Waals surface area contributed by atoms with Gasteiger partial charge in [-0.15, -0.1) is 0 Å². The third kappa shape index (κ3) is 5.94. The summed E-state index contributed by atoms with van der Waals surface area (Å²) in [6.07, 6.45) is -5.57. The molecule has 0 aliphatic carbocycles. The van der Waals surface area contributed by atoms with E-state index in [1.165, 1.54) is 0 Å². The van der Waals surface area contributed by atoms with E-state index >= 15 is 0 Å². The van der Waals surface area contributed by atoms with Crippen molar-refractivity contribution in [3.8, 4) is 0 Å². The third-order valence-corrected chi connectivity index (χ3v) is 3.25. The maximum absolute atomic E-state index is 10.5.